The van der Waals surface area contributed by atoms with Crippen molar-refractivity contribution in [3.8, 4) is 0 Å². The van der Waals surface area contributed by atoms with Crippen LogP contribution in [-0.2, 0) is 4.74 Å². The maximum absolute atomic E-state index is 5.78. The molecule has 1 heterocycles. The molecule has 1 saturated heterocycles. The second-order valence-electron chi connectivity index (χ2n) is 5.40. The third kappa shape index (κ3) is 4.46. The number of nitrogens with one attached hydrogen (secondary N) is 1. The minimum atomic E-state index is 0.406. The van der Waals surface area contributed by atoms with E-state index in [0.717, 1.165) is 19.4 Å². The molecule has 2 unspecified atom stereocenters. The molecule has 0 aromatic heterocycles. The number of hydrogen-bond donors (Lipinski definition) is 1. The zero-order valence-corrected chi connectivity index (χ0v) is 12.9. The molecule has 2 atom stereocenters. The minimum Gasteiger partial charge on any atom is -0.375 e. The highest BCUT2D eigenvalue weighted by atomic mass is 32.2. The normalized spacial score (nSPS) is 30.5. The first kappa shape index (κ1) is 15.3. The van der Waals surface area contributed by atoms with Crippen molar-refractivity contribution in [1.82, 2.24) is 5.32 Å². The molecular formula is C14H29NOS. The van der Waals surface area contributed by atoms with Crippen LogP contribution in [0.25, 0.3) is 0 Å². The molecule has 0 amide bonds. The van der Waals surface area contributed by atoms with Crippen LogP contribution in [0.15, 0.2) is 0 Å². The fourth-order valence-electron chi connectivity index (χ4n) is 2.76. The fraction of sp³-hybridized carbons (Fsp3) is 1.00. The van der Waals surface area contributed by atoms with Crippen molar-refractivity contribution < 1.29 is 4.74 Å². The van der Waals surface area contributed by atoms with Crippen LogP contribution in [0.1, 0.15) is 53.4 Å². The molecule has 102 valence electrons. The van der Waals surface area contributed by atoms with Gasteiger partial charge in [0.05, 0.1) is 12.2 Å². The van der Waals surface area contributed by atoms with E-state index in [9.17, 15) is 0 Å². The van der Waals surface area contributed by atoms with Crippen molar-refractivity contribution in [3.63, 3.8) is 0 Å². The Hall–Kier alpha value is 0.270. The van der Waals surface area contributed by atoms with Gasteiger partial charge in [0.15, 0.2) is 0 Å². The van der Waals surface area contributed by atoms with Gasteiger partial charge in [-0.1, -0.05) is 13.8 Å². The molecule has 0 aromatic carbocycles. The van der Waals surface area contributed by atoms with Crippen LogP contribution in [-0.4, -0.2) is 35.8 Å². The van der Waals surface area contributed by atoms with Crippen molar-refractivity contribution >= 4 is 11.8 Å². The lowest BCUT2D eigenvalue weighted by Crippen LogP contribution is -2.46. The van der Waals surface area contributed by atoms with Crippen molar-refractivity contribution in [3.05, 3.63) is 0 Å². The molecule has 17 heavy (non-hydrogen) atoms. The van der Waals surface area contributed by atoms with Crippen LogP contribution >= 0.6 is 11.8 Å². The van der Waals surface area contributed by atoms with E-state index in [1.54, 1.807) is 0 Å². The Labute approximate surface area is 111 Å². The van der Waals surface area contributed by atoms with Gasteiger partial charge in [0, 0.05) is 17.3 Å². The van der Waals surface area contributed by atoms with E-state index in [2.05, 4.69) is 39.3 Å². The van der Waals surface area contributed by atoms with Gasteiger partial charge in [0.25, 0.3) is 0 Å². The van der Waals surface area contributed by atoms with Crippen LogP contribution in [0.4, 0.5) is 0 Å². The lowest BCUT2D eigenvalue weighted by molar-refractivity contribution is -0.0422. The van der Waals surface area contributed by atoms with E-state index < -0.39 is 0 Å². The number of hydrogen-bond acceptors (Lipinski definition) is 3. The minimum absolute atomic E-state index is 0.406. The molecule has 1 N–H and O–H groups in total. The van der Waals surface area contributed by atoms with E-state index in [1.165, 1.54) is 12.8 Å². The standard InChI is InChI=1S/C14H29NOS/c1-6-14(7-2,17-5)10-15-13-8-11(3)16-12(4)9-13/h11-13,15H,6-10H2,1-5H3. The summed E-state index contributed by atoms with van der Waals surface area (Å²) >= 11 is 2.01. The smallest absolute Gasteiger partial charge is 0.0565 e. The topological polar surface area (TPSA) is 21.3 Å². The second-order valence-corrected chi connectivity index (χ2v) is 6.68. The number of ether oxygens (including phenoxy) is 1. The predicted octanol–water partition coefficient (Wildman–Crippen LogP) is 3.45. The summed E-state index contributed by atoms with van der Waals surface area (Å²) in [5, 5.41) is 3.78. The first-order chi connectivity index (χ1) is 8.05. The van der Waals surface area contributed by atoms with Gasteiger partial charge in [-0.2, -0.15) is 11.8 Å². The lowest BCUT2D eigenvalue weighted by Gasteiger charge is -2.36. The Morgan fingerprint density at radius 1 is 1.18 bits per heavy atom. The third-order valence-electron chi connectivity index (χ3n) is 4.13. The van der Waals surface area contributed by atoms with Gasteiger partial charge < -0.3 is 10.1 Å². The van der Waals surface area contributed by atoms with Gasteiger partial charge in [0.1, 0.15) is 0 Å². The van der Waals surface area contributed by atoms with Crippen LogP contribution in [0.3, 0.4) is 0 Å². The molecule has 0 spiro atoms. The highest BCUT2D eigenvalue weighted by molar-refractivity contribution is 8.00. The van der Waals surface area contributed by atoms with Crippen LogP contribution < -0.4 is 5.32 Å². The Morgan fingerprint density at radius 3 is 2.12 bits per heavy atom. The van der Waals surface area contributed by atoms with Crippen molar-refractivity contribution in [2.75, 3.05) is 12.8 Å². The number of rotatable bonds is 6. The van der Waals surface area contributed by atoms with Crippen molar-refractivity contribution in [2.45, 2.75) is 76.4 Å². The average molecular weight is 259 g/mol. The van der Waals surface area contributed by atoms with Gasteiger partial charge in [0.2, 0.25) is 0 Å². The first-order valence-corrected chi connectivity index (χ1v) is 8.21. The zero-order valence-electron chi connectivity index (χ0n) is 12.1. The van der Waals surface area contributed by atoms with Crippen LogP contribution in [0.5, 0.6) is 0 Å². The molecule has 1 fully saturated rings. The Bertz CT molecular complexity index is 200. The molecule has 0 saturated carbocycles. The van der Waals surface area contributed by atoms with E-state index in [1.807, 2.05) is 11.8 Å². The van der Waals surface area contributed by atoms with Crippen molar-refractivity contribution in [1.29, 1.82) is 0 Å². The molecule has 0 aliphatic carbocycles. The summed E-state index contributed by atoms with van der Waals surface area (Å²) in [6.07, 6.45) is 7.85. The first-order valence-electron chi connectivity index (χ1n) is 6.99. The van der Waals surface area contributed by atoms with Crippen molar-refractivity contribution in [2.24, 2.45) is 0 Å². The van der Waals surface area contributed by atoms with Gasteiger partial charge >= 0.3 is 0 Å². The second kappa shape index (κ2) is 7.01. The van der Waals surface area contributed by atoms with E-state index in [-0.39, 0.29) is 0 Å². The molecular weight excluding hydrogens is 230 g/mol. The summed E-state index contributed by atoms with van der Waals surface area (Å²) in [5.74, 6) is 0. The maximum atomic E-state index is 5.78. The molecule has 1 aliphatic heterocycles. The Morgan fingerprint density at radius 2 is 1.71 bits per heavy atom. The van der Waals surface area contributed by atoms with E-state index >= 15 is 0 Å². The summed E-state index contributed by atoms with van der Waals surface area (Å²) in [5.41, 5.74) is 0. The summed E-state index contributed by atoms with van der Waals surface area (Å²) in [6.45, 7) is 10.1. The summed E-state index contributed by atoms with van der Waals surface area (Å²) in [7, 11) is 0. The largest absolute Gasteiger partial charge is 0.375 e. The highest BCUT2D eigenvalue weighted by Gasteiger charge is 2.29. The molecule has 1 rings (SSSR count). The van der Waals surface area contributed by atoms with Crippen LogP contribution in [0, 0.1) is 0 Å². The number of thioether (sulfide) groups is 1. The monoisotopic (exact) mass is 259 g/mol. The summed E-state index contributed by atoms with van der Waals surface area (Å²) in [6, 6.07) is 0.637. The SMILES string of the molecule is CCC(CC)(CNC1CC(C)OC(C)C1)SC. The Balaban J connectivity index is 2.43. The van der Waals surface area contributed by atoms with Gasteiger partial charge in [-0.25, -0.2) is 0 Å². The van der Waals surface area contributed by atoms with E-state index in [4.69, 9.17) is 4.74 Å². The Kier molecular flexibility index (Phi) is 6.32. The molecule has 2 nitrogen and oxygen atoms in total. The molecule has 3 heteroatoms. The molecule has 1 aliphatic rings. The molecule has 0 bridgehead atoms. The quantitative estimate of drug-likeness (QED) is 0.789. The predicted molar refractivity (Wildman–Crippen MR) is 77.9 cm³/mol. The van der Waals surface area contributed by atoms with Gasteiger partial charge in [-0.3, -0.25) is 0 Å². The molecule has 0 radical (unpaired) electrons. The zero-order chi connectivity index (χ0) is 12.9. The molecule has 0 aromatic rings. The van der Waals surface area contributed by atoms with E-state index in [0.29, 0.717) is 23.0 Å². The summed E-state index contributed by atoms with van der Waals surface area (Å²) < 4.78 is 6.20. The lowest BCUT2D eigenvalue weighted by atomic mass is 9.97. The maximum Gasteiger partial charge on any atom is 0.0565 e. The fourth-order valence-corrected chi connectivity index (χ4v) is 3.57. The third-order valence-corrected chi connectivity index (χ3v) is 5.72. The van der Waals surface area contributed by atoms with Gasteiger partial charge in [-0.05, 0) is 45.8 Å². The van der Waals surface area contributed by atoms with Crippen LogP contribution in [0.2, 0.25) is 0 Å². The van der Waals surface area contributed by atoms with Gasteiger partial charge in [-0.15, -0.1) is 0 Å². The highest BCUT2D eigenvalue weighted by Crippen LogP contribution is 2.30. The summed E-state index contributed by atoms with van der Waals surface area (Å²) in [4.78, 5) is 0. The average Bonchev–Trinajstić information content (AvgIpc) is 2.30.